The minimum Gasteiger partial charge on any atom is -0.0906 e. The van der Waals surface area contributed by atoms with E-state index in [1.165, 1.54) is 33.4 Å². The van der Waals surface area contributed by atoms with Gasteiger partial charge in [0.1, 0.15) is 0 Å². The van der Waals surface area contributed by atoms with Crippen LogP contribution >= 0.6 is 0 Å². The fraction of sp³-hybridized carbons (Fsp3) is 0.333. The molecule has 0 saturated carbocycles. The van der Waals surface area contributed by atoms with Gasteiger partial charge >= 0.3 is 0 Å². The van der Waals surface area contributed by atoms with E-state index >= 15 is 0 Å². The molecule has 1 aromatic carbocycles. The molecule has 1 aliphatic carbocycles. The second-order valence-electron chi connectivity index (χ2n) is 5.44. The quantitative estimate of drug-likeness (QED) is 0.575. The lowest BCUT2D eigenvalue weighted by molar-refractivity contribution is 1.17. The topological polar surface area (TPSA) is 0 Å². The van der Waals surface area contributed by atoms with E-state index in [1.54, 1.807) is 0 Å². The van der Waals surface area contributed by atoms with Crippen molar-refractivity contribution in [3.63, 3.8) is 0 Å². The summed E-state index contributed by atoms with van der Waals surface area (Å²) in [5, 5.41) is 0. The molecule has 0 radical (unpaired) electrons. The van der Waals surface area contributed by atoms with Gasteiger partial charge in [-0.05, 0) is 62.0 Å². The summed E-state index contributed by atoms with van der Waals surface area (Å²) in [4.78, 5) is 0. The van der Waals surface area contributed by atoms with Crippen LogP contribution in [-0.2, 0) is 0 Å². The number of rotatable bonds is 2. The van der Waals surface area contributed by atoms with Gasteiger partial charge in [0.25, 0.3) is 0 Å². The van der Waals surface area contributed by atoms with Crippen LogP contribution < -0.4 is 0 Å². The van der Waals surface area contributed by atoms with Crippen LogP contribution in [0, 0.1) is 13.8 Å². The summed E-state index contributed by atoms with van der Waals surface area (Å²) in [6.07, 6.45) is 7.67. The maximum atomic E-state index is 4.27. The Morgan fingerprint density at radius 2 is 1.62 bits per heavy atom. The van der Waals surface area contributed by atoms with Crippen molar-refractivity contribution in [3.8, 4) is 0 Å². The third-order valence-electron chi connectivity index (χ3n) is 4.02. The van der Waals surface area contributed by atoms with Gasteiger partial charge in [-0.15, -0.1) is 0 Å². The zero-order valence-corrected chi connectivity index (χ0v) is 14.4. The van der Waals surface area contributed by atoms with Crippen molar-refractivity contribution in [2.24, 2.45) is 0 Å². The molecule has 0 nitrogen and oxygen atoms in total. The predicted octanol–water partition coefficient (Wildman–Crippen LogP) is 6.57. The molecule has 21 heavy (non-hydrogen) atoms. The lowest BCUT2D eigenvalue weighted by Gasteiger charge is -2.09. The van der Waals surface area contributed by atoms with Gasteiger partial charge < -0.3 is 0 Å². The summed E-state index contributed by atoms with van der Waals surface area (Å²) in [6, 6.07) is 6.56. The van der Waals surface area contributed by atoms with Crippen molar-refractivity contribution in [1.29, 1.82) is 0 Å². The summed E-state index contributed by atoms with van der Waals surface area (Å²) in [6.45, 7) is 16.9. The molecule has 0 heteroatoms. The highest BCUT2D eigenvalue weighted by molar-refractivity contribution is 5.81. The summed E-state index contributed by atoms with van der Waals surface area (Å²) >= 11 is 0. The van der Waals surface area contributed by atoms with Crippen molar-refractivity contribution in [2.75, 3.05) is 0 Å². The molecule has 0 unspecified atom stereocenters. The van der Waals surface area contributed by atoms with Crippen LogP contribution in [0.1, 0.15) is 50.8 Å². The largest absolute Gasteiger partial charge is 0.0906 e. The molecule has 0 aliphatic heterocycles. The number of aryl methyl sites for hydroxylation is 2. The summed E-state index contributed by atoms with van der Waals surface area (Å²) in [5.41, 5.74) is 9.01. The van der Waals surface area contributed by atoms with Crippen LogP contribution in [0.5, 0.6) is 0 Å². The Labute approximate surface area is 130 Å². The third-order valence-corrected chi connectivity index (χ3v) is 4.02. The molecule has 0 aromatic heterocycles. The van der Waals surface area contributed by atoms with Gasteiger partial charge in [-0.3, -0.25) is 0 Å². The van der Waals surface area contributed by atoms with Crippen LogP contribution in [0.2, 0.25) is 0 Å². The molecule has 0 amide bonds. The number of hydrogen-bond acceptors (Lipinski definition) is 0. The average Bonchev–Trinajstić information content (AvgIpc) is 2.66. The molecule has 0 heterocycles. The lowest BCUT2D eigenvalue weighted by Crippen LogP contribution is -1.89. The monoisotopic (exact) mass is 280 g/mol. The zero-order valence-electron chi connectivity index (χ0n) is 14.4. The first-order chi connectivity index (χ1) is 9.99. The molecule has 2 rings (SSSR count). The van der Waals surface area contributed by atoms with Crippen LogP contribution in [0.4, 0.5) is 0 Å². The van der Waals surface area contributed by atoms with Crippen molar-refractivity contribution >= 4 is 5.57 Å². The molecule has 0 fully saturated rings. The van der Waals surface area contributed by atoms with Gasteiger partial charge in [0.05, 0.1) is 0 Å². The molecule has 0 N–H and O–H groups in total. The fourth-order valence-corrected chi connectivity index (χ4v) is 2.17. The SMILES string of the molecule is C=C(C1=CCC(C)=C(C)C=C1)c1ccc(C)c(C)c1.CC. The highest BCUT2D eigenvalue weighted by atomic mass is 14.1. The molecule has 0 saturated heterocycles. The van der Waals surface area contributed by atoms with Crippen LogP contribution in [-0.4, -0.2) is 0 Å². The molecule has 1 aliphatic rings. The van der Waals surface area contributed by atoms with Gasteiger partial charge in [0.2, 0.25) is 0 Å². The Bertz CT molecular complexity index is 607. The molecule has 0 spiro atoms. The Hall–Kier alpha value is -1.82. The first-order valence-electron chi connectivity index (χ1n) is 7.80. The Morgan fingerprint density at radius 1 is 0.952 bits per heavy atom. The Morgan fingerprint density at radius 3 is 2.24 bits per heavy atom. The van der Waals surface area contributed by atoms with E-state index in [2.05, 4.69) is 70.7 Å². The maximum Gasteiger partial charge on any atom is -0.0127 e. The van der Waals surface area contributed by atoms with E-state index in [-0.39, 0.29) is 0 Å². The van der Waals surface area contributed by atoms with E-state index in [0.29, 0.717) is 0 Å². The first kappa shape index (κ1) is 17.2. The van der Waals surface area contributed by atoms with Crippen molar-refractivity contribution in [3.05, 3.63) is 76.4 Å². The molecule has 0 atom stereocenters. The van der Waals surface area contributed by atoms with E-state index in [9.17, 15) is 0 Å². The second kappa shape index (κ2) is 7.83. The van der Waals surface area contributed by atoms with E-state index in [4.69, 9.17) is 0 Å². The minimum atomic E-state index is 1.01. The molecular formula is C21H28. The minimum absolute atomic E-state index is 1.01. The van der Waals surface area contributed by atoms with Gasteiger partial charge in [-0.1, -0.05) is 68.0 Å². The smallest absolute Gasteiger partial charge is 0.0127 e. The van der Waals surface area contributed by atoms with Crippen molar-refractivity contribution < 1.29 is 0 Å². The number of allylic oxidation sites excluding steroid dienone is 7. The van der Waals surface area contributed by atoms with E-state index < -0.39 is 0 Å². The van der Waals surface area contributed by atoms with Crippen molar-refractivity contribution in [1.82, 2.24) is 0 Å². The Kier molecular flexibility index (Phi) is 6.42. The van der Waals surface area contributed by atoms with E-state index in [1.807, 2.05) is 13.8 Å². The lowest BCUT2D eigenvalue weighted by atomic mass is 9.95. The predicted molar refractivity (Wildman–Crippen MR) is 96.5 cm³/mol. The standard InChI is InChI=1S/C19H22.C2H6/c1-13-6-9-18(10-7-14(13)2)17(5)19-11-8-15(3)16(4)12-19;1-2/h6,8-12H,5,7H2,1-4H3;1-2H3. The summed E-state index contributed by atoms with van der Waals surface area (Å²) < 4.78 is 0. The molecule has 112 valence electrons. The second-order valence-corrected chi connectivity index (χ2v) is 5.44. The normalized spacial score (nSPS) is 14.1. The highest BCUT2D eigenvalue weighted by Gasteiger charge is 2.07. The third kappa shape index (κ3) is 4.32. The highest BCUT2D eigenvalue weighted by Crippen LogP contribution is 2.27. The summed E-state index contributed by atoms with van der Waals surface area (Å²) in [7, 11) is 0. The maximum absolute atomic E-state index is 4.27. The molecule has 0 bridgehead atoms. The van der Waals surface area contributed by atoms with Gasteiger partial charge in [0, 0.05) is 0 Å². The van der Waals surface area contributed by atoms with Gasteiger partial charge in [-0.25, -0.2) is 0 Å². The van der Waals surface area contributed by atoms with Crippen LogP contribution in [0.3, 0.4) is 0 Å². The molecular weight excluding hydrogens is 252 g/mol. The number of hydrogen-bond donors (Lipinski definition) is 0. The van der Waals surface area contributed by atoms with Crippen molar-refractivity contribution in [2.45, 2.75) is 48.0 Å². The Balaban J connectivity index is 0.00000106. The summed E-state index contributed by atoms with van der Waals surface area (Å²) in [5.74, 6) is 0. The van der Waals surface area contributed by atoms with E-state index in [0.717, 1.165) is 12.0 Å². The van der Waals surface area contributed by atoms with Gasteiger partial charge in [-0.2, -0.15) is 0 Å². The van der Waals surface area contributed by atoms with Gasteiger partial charge in [0.15, 0.2) is 0 Å². The number of benzene rings is 1. The fourth-order valence-electron chi connectivity index (χ4n) is 2.17. The zero-order chi connectivity index (χ0) is 16.0. The first-order valence-corrected chi connectivity index (χ1v) is 7.80. The van der Waals surface area contributed by atoms with Crippen LogP contribution in [0.15, 0.2) is 59.7 Å². The average molecular weight is 280 g/mol. The molecule has 1 aromatic rings. The van der Waals surface area contributed by atoms with Crippen LogP contribution in [0.25, 0.3) is 5.57 Å².